The molecule has 0 radical (unpaired) electrons. The quantitative estimate of drug-likeness (QED) is 0.904. The molecule has 1 atom stereocenters. The molecule has 104 valence electrons. The lowest BCUT2D eigenvalue weighted by Crippen LogP contribution is -2.39. The van der Waals surface area contributed by atoms with Gasteiger partial charge in [0.05, 0.1) is 12.5 Å². The Kier molecular flexibility index (Phi) is 3.28. The largest absolute Gasteiger partial charge is 0.330 e. The van der Waals surface area contributed by atoms with E-state index in [9.17, 15) is 4.79 Å². The molecular weight excluding hydrogens is 252 g/mol. The van der Waals surface area contributed by atoms with Crippen LogP contribution in [0, 0.1) is 0 Å². The predicted octanol–water partition coefficient (Wildman–Crippen LogP) is 1.73. The molecule has 0 fully saturated rings. The number of carbonyl (C=O) groups is 1. The van der Waals surface area contributed by atoms with Crippen LogP contribution in [0.5, 0.6) is 0 Å². The molecule has 1 unspecified atom stereocenters. The van der Waals surface area contributed by atoms with Crippen LogP contribution in [0.4, 0.5) is 5.69 Å². The lowest BCUT2D eigenvalue weighted by molar-refractivity contribution is 0.0976. The van der Waals surface area contributed by atoms with Crippen LogP contribution in [-0.4, -0.2) is 29.1 Å². The van der Waals surface area contributed by atoms with Crippen LogP contribution >= 0.6 is 0 Å². The van der Waals surface area contributed by atoms with E-state index in [4.69, 9.17) is 0 Å². The van der Waals surface area contributed by atoms with Crippen LogP contribution < -0.4 is 10.2 Å². The van der Waals surface area contributed by atoms with Gasteiger partial charge in [0, 0.05) is 25.3 Å². The lowest BCUT2D eigenvalue weighted by Gasteiger charge is -2.34. The van der Waals surface area contributed by atoms with Gasteiger partial charge in [-0.3, -0.25) is 4.79 Å². The SMILES string of the molecule is CNC1CCN(C(=O)c2cncn2C)c2ccccc21. The number of nitrogens with one attached hydrogen (secondary N) is 1. The van der Waals surface area contributed by atoms with Gasteiger partial charge in [0.25, 0.3) is 5.91 Å². The number of amides is 1. The maximum absolute atomic E-state index is 12.7. The highest BCUT2D eigenvalue weighted by molar-refractivity contribution is 6.05. The second-order valence-electron chi connectivity index (χ2n) is 5.04. The summed E-state index contributed by atoms with van der Waals surface area (Å²) in [7, 11) is 3.80. The molecule has 0 saturated heterocycles. The fourth-order valence-electron chi connectivity index (χ4n) is 2.77. The molecule has 1 aliphatic heterocycles. The van der Waals surface area contributed by atoms with E-state index in [1.54, 1.807) is 17.1 Å². The van der Waals surface area contributed by atoms with Gasteiger partial charge in [-0.1, -0.05) is 18.2 Å². The Morgan fingerprint density at radius 1 is 1.40 bits per heavy atom. The van der Waals surface area contributed by atoms with Crippen LogP contribution in [0.25, 0.3) is 0 Å². The van der Waals surface area contributed by atoms with E-state index in [1.807, 2.05) is 37.2 Å². The lowest BCUT2D eigenvalue weighted by atomic mass is 9.96. The summed E-state index contributed by atoms with van der Waals surface area (Å²) in [6.07, 6.45) is 4.19. The second kappa shape index (κ2) is 5.09. The van der Waals surface area contributed by atoms with E-state index in [-0.39, 0.29) is 5.91 Å². The first-order valence-corrected chi connectivity index (χ1v) is 6.76. The number of imidazole rings is 1. The highest BCUT2D eigenvalue weighted by Gasteiger charge is 2.29. The highest BCUT2D eigenvalue weighted by atomic mass is 16.2. The van der Waals surface area contributed by atoms with E-state index in [0.717, 1.165) is 12.1 Å². The van der Waals surface area contributed by atoms with E-state index >= 15 is 0 Å². The molecule has 0 spiro atoms. The minimum Gasteiger partial charge on any atom is -0.330 e. The van der Waals surface area contributed by atoms with Crippen LogP contribution in [0.15, 0.2) is 36.8 Å². The van der Waals surface area contributed by atoms with Crippen molar-refractivity contribution in [2.75, 3.05) is 18.5 Å². The molecule has 0 saturated carbocycles. The zero-order chi connectivity index (χ0) is 14.1. The van der Waals surface area contributed by atoms with E-state index in [0.29, 0.717) is 18.3 Å². The monoisotopic (exact) mass is 270 g/mol. The fraction of sp³-hybridized carbons (Fsp3) is 0.333. The number of anilines is 1. The summed E-state index contributed by atoms with van der Waals surface area (Å²) in [4.78, 5) is 18.6. The summed E-state index contributed by atoms with van der Waals surface area (Å²) in [5.74, 6) is 0.00648. The number of rotatable bonds is 2. The maximum atomic E-state index is 12.7. The van der Waals surface area contributed by atoms with Gasteiger partial charge in [0.2, 0.25) is 0 Å². The molecule has 3 rings (SSSR count). The number of hydrogen-bond donors (Lipinski definition) is 1. The van der Waals surface area contributed by atoms with Gasteiger partial charge < -0.3 is 14.8 Å². The Balaban J connectivity index is 2.00. The van der Waals surface area contributed by atoms with Gasteiger partial charge in [-0.2, -0.15) is 0 Å². The van der Waals surface area contributed by atoms with E-state index in [1.165, 1.54) is 5.56 Å². The molecule has 5 heteroatoms. The highest BCUT2D eigenvalue weighted by Crippen LogP contribution is 2.34. The smallest absolute Gasteiger partial charge is 0.276 e. The van der Waals surface area contributed by atoms with Crippen molar-refractivity contribution in [2.24, 2.45) is 7.05 Å². The molecule has 2 heterocycles. The first-order chi connectivity index (χ1) is 9.72. The Bertz CT molecular complexity index is 634. The Labute approximate surface area is 118 Å². The molecule has 5 nitrogen and oxygen atoms in total. The Morgan fingerprint density at radius 2 is 2.20 bits per heavy atom. The van der Waals surface area contributed by atoms with Gasteiger partial charge in [0.1, 0.15) is 5.69 Å². The molecule has 1 aromatic heterocycles. The van der Waals surface area contributed by atoms with Gasteiger partial charge >= 0.3 is 0 Å². The van der Waals surface area contributed by atoms with Crippen LogP contribution in [-0.2, 0) is 7.05 Å². The van der Waals surface area contributed by atoms with Gasteiger partial charge in [0.15, 0.2) is 0 Å². The molecule has 1 aliphatic rings. The van der Waals surface area contributed by atoms with Gasteiger partial charge in [-0.15, -0.1) is 0 Å². The standard InChI is InChI=1S/C15H18N4O/c1-16-12-7-8-19(13-6-4-3-5-11(12)13)15(20)14-9-17-10-18(14)2/h3-6,9-10,12,16H,7-8H2,1-2H3. The number of fused-ring (bicyclic) bond motifs is 1. The van der Waals surface area contributed by atoms with Crippen molar-refractivity contribution < 1.29 is 4.79 Å². The number of nitrogens with zero attached hydrogens (tertiary/aromatic N) is 3. The van der Waals surface area contributed by atoms with Crippen molar-refractivity contribution in [3.8, 4) is 0 Å². The van der Waals surface area contributed by atoms with Gasteiger partial charge in [-0.25, -0.2) is 4.98 Å². The minimum atomic E-state index is 0.00648. The fourth-order valence-corrected chi connectivity index (χ4v) is 2.77. The number of aryl methyl sites for hydroxylation is 1. The summed E-state index contributed by atoms with van der Waals surface area (Å²) < 4.78 is 1.76. The van der Waals surface area contributed by atoms with Crippen molar-refractivity contribution in [2.45, 2.75) is 12.5 Å². The summed E-state index contributed by atoms with van der Waals surface area (Å²) in [6.45, 7) is 0.715. The van der Waals surface area contributed by atoms with E-state index < -0.39 is 0 Å². The summed E-state index contributed by atoms with van der Waals surface area (Å²) in [5.41, 5.74) is 2.78. The normalized spacial score (nSPS) is 17.9. The van der Waals surface area contributed by atoms with Crippen molar-refractivity contribution in [3.05, 3.63) is 48.0 Å². The third-order valence-electron chi connectivity index (χ3n) is 3.87. The Morgan fingerprint density at radius 3 is 2.90 bits per heavy atom. The first-order valence-electron chi connectivity index (χ1n) is 6.76. The third-order valence-corrected chi connectivity index (χ3v) is 3.87. The number of para-hydroxylation sites is 1. The summed E-state index contributed by atoms with van der Waals surface area (Å²) in [5, 5.41) is 3.31. The Hall–Kier alpha value is -2.14. The van der Waals surface area contributed by atoms with Crippen LogP contribution in [0.1, 0.15) is 28.5 Å². The molecule has 20 heavy (non-hydrogen) atoms. The molecule has 1 N–H and O–H groups in total. The summed E-state index contributed by atoms with van der Waals surface area (Å²) >= 11 is 0. The average Bonchev–Trinajstić information content (AvgIpc) is 2.91. The first kappa shape index (κ1) is 12.9. The molecule has 1 aromatic carbocycles. The topological polar surface area (TPSA) is 50.2 Å². The number of carbonyl (C=O) groups excluding carboxylic acids is 1. The van der Waals surface area contributed by atoms with E-state index in [2.05, 4.69) is 16.4 Å². The molecule has 1 amide bonds. The molecule has 0 aliphatic carbocycles. The molecule has 2 aromatic rings. The number of aromatic nitrogens is 2. The number of hydrogen-bond acceptors (Lipinski definition) is 3. The summed E-state index contributed by atoms with van der Waals surface area (Å²) in [6, 6.07) is 8.38. The zero-order valence-corrected chi connectivity index (χ0v) is 11.7. The minimum absolute atomic E-state index is 0.00648. The maximum Gasteiger partial charge on any atom is 0.276 e. The second-order valence-corrected chi connectivity index (χ2v) is 5.04. The van der Waals surface area contributed by atoms with Gasteiger partial charge in [-0.05, 0) is 25.1 Å². The average molecular weight is 270 g/mol. The van der Waals surface area contributed by atoms with Crippen LogP contribution in [0.3, 0.4) is 0 Å². The molecule has 0 bridgehead atoms. The third kappa shape index (κ3) is 2.00. The van der Waals surface area contributed by atoms with Crippen molar-refractivity contribution in [3.63, 3.8) is 0 Å². The van der Waals surface area contributed by atoms with Crippen molar-refractivity contribution in [1.82, 2.24) is 14.9 Å². The van der Waals surface area contributed by atoms with Crippen molar-refractivity contribution >= 4 is 11.6 Å². The van der Waals surface area contributed by atoms with Crippen molar-refractivity contribution in [1.29, 1.82) is 0 Å². The van der Waals surface area contributed by atoms with Crippen LogP contribution in [0.2, 0.25) is 0 Å². The number of benzene rings is 1. The molecular formula is C15H18N4O. The predicted molar refractivity (Wildman–Crippen MR) is 77.7 cm³/mol. The zero-order valence-electron chi connectivity index (χ0n) is 11.7.